The number of carbonyl (C=O) groups excluding carboxylic acids is 1. The Labute approximate surface area is 236 Å². The molecule has 214 valence electrons. The molecule has 1 atom stereocenters. The van der Waals surface area contributed by atoms with Gasteiger partial charge in [0.05, 0.1) is 34.6 Å². The summed E-state index contributed by atoms with van der Waals surface area (Å²) >= 11 is 2.48. The van der Waals surface area contributed by atoms with E-state index in [1.165, 1.54) is 47.4 Å². The maximum Gasteiger partial charge on any atom is 0.416 e. The number of aromatic hydroxyl groups is 1. The van der Waals surface area contributed by atoms with Gasteiger partial charge in [0.2, 0.25) is 0 Å². The number of nitrogens with zero attached hydrogens (tertiary/aromatic N) is 2. The summed E-state index contributed by atoms with van der Waals surface area (Å²) in [7, 11) is 0. The highest BCUT2D eigenvalue weighted by atomic mass is 32.2. The van der Waals surface area contributed by atoms with Gasteiger partial charge in [-0.1, -0.05) is 24.3 Å². The molecule has 0 saturated heterocycles. The summed E-state index contributed by atoms with van der Waals surface area (Å²) in [5, 5.41) is 10.6. The molecule has 1 aromatic heterocycles. The first kappa shape index (κ1) is 28.9. The van der Waals surface area contributed by atoms with Crippen LogP contribution in [0.15, 0.2) is 65.7 Å². The second-order valence-corrected chi connectivity index (χ2v) is 10.8. The van der Waals surface area contributed by atoms with E-state index in [1.54, 1.807) is 12.1 Å². The molecule has 14 heteroatoms. The number of fused-ring (bicyclic) bond motifs is 1. The molecular weight excluding hydrogens is 594 g/mol. The number of phenolic OH excluding ortho intramolecular Hbond substituents is 1. The van der Waals surface area contributed by atoms with E-state index in [4.69, 9.17) is 9.47 Å². The Morgan fingerprint density at radius 2 is 1.68 bits per heavy atom. The van der Waals surface area contributed by atoms with Gasteiger partial charge < -0.3 is 14.6 Å². The van der Waals surface area contributed by atoms with Crippen molar-refractivity contribution in [2.75, 3.05) is 5.75 Å². The first-order valence-electron chi connectivity index (χ1n) is 11.8. The third-order valence-electron chi connectivity index (χ3n) is 5.95. The van der Waals surface area contributed by atoms with E-state index in [-0.39, 0.29) is 17.1 Å². The number of alkyl halides is 6. The molecule has 0 fully saturated rings. The number of halogens is 6. The predicted molar refractivity (Wildman–Crippen MR) is 141 cm³/mol. The molecule has 6 nitrogen and oxygen atoms in total. The summed E-state index contributed by atoms with van der Waals surface area (Å²) in [6.07, 6.45) is -9.52. The molecule has 0 spiro atoms. The van der Waals surface area contributed by atoms with Crippen molar-refractivity contribution < 1.29 is 45.7 Å². The third kappa shape index (κ3) is 6.49. The Balaban J connectivity index is 1.34. The number of ether oxygens (including phenoxy) is 2. The number of aromatic nitrogens is 1. The van der Waals surface area contributed by atoms with Crippen molar-refractivity contribution >= 4 is 44.3 Å². The van der Waals surface area contributed by atoms with Gasteiger partial charge in [0, 0.05) is 11.3 Å². The molecule has 0 amide bonds. The lowest BCUT2D eigenvalue weighted by Crippen LogP contribution is -2.25. The van der Waals surface area contributed by atoms with Crippen LogP contribution in [0.1, 0.15) is 27.3 Å². The van der Waals surface area contributed by atoms with Crippen LogP contribution in [-0.2, 0) is 35.1 Å². The number of rotatable bonds is 7. The molecule has 0 unspecified atom stereocenters. The summed E-state index contributed by atoms with van der Waals surface area (Å²) in [6, 6.07) is 11.2. The van der Waals surface area contributed by atoms with Crippen molar-refractivity contribution in [3.8, 4) is 11.5 Å². The molecule has 1 aliphatic heterocycles. The second-order valence-electron chi connectivity index (χ2n) is 8.78. The highest BCUT2D eigenvalue weighted by Gasteiger charge is 2.37. The Kier molecular flexibility index (Phi) is 7.99. The maximum absolute atomic E-state index is 13.8. The third-order valence-corrected chi connectivity index (χ3v) is 8.16. The average Bonchev–Trinajstić information content (AvgIpc) is 3.56. The summed E-state index contributed by atoms with van der Waals surface area (Å²) in [5.74, 6) is -1.11. The number of hydrogen-bond acceptors (Lipinski definition) is 8. The van der Waals surface area contributed by atoms with Crippen molar-refractivity contribution in [3.63, 3.8) is 0 Å². The van der Waals surface area contributed by atoms with Crippen LogP contribution in [0.4, 0.5) is 26.3 Å². The lowest BCUT2D eigenvalue weighted by molar-refractivity contribution is -0.140. The van der Waals surface area contributed by atoms with Gasteiger partial charge in [-0.2, -0.15) is 26.3 Å². The number of thiazole rings is 1. The SMILES string of the molecule is O=C(Oc1cccc(C(F)(F)F)c1COCc1ccccc1C(F)(F)F)[C@H]1CSC(c2nc3ccc(O)cc3s2)=N1. The largest absolute Gasteiger partial charge is 0.508 e. The summed E-state index contributed by atoms with van der Waals surface area (Å²) in [5.41, 5.74) is -2.26. The zero-order chi connectivity index (χ0) is 29.4. The quantitative estimate of drug-likeness (QED) is 0.135. The molecule has 41 heavy (non-hydrogen) atoms. The topological polar surface area (TPSA) is 81.0 Å². The van der Waals surface area contributed by atoms with Crippen LogP contribution in [0.3, 0.4) is 0 Å². The molecule has 4 aromatic rings. The lowest BCUT2D eigenvalue weighted by atomic mass is 10.1. The summed E-state index contributed by atoms with van der Waals surface area (Å²) in [4.78, 5) is 21.7. The average molecular weight is 613 g/mol. The smallest absolute Gasteiger partial charge is 0.416 e. The number of aliphatic imine (C=N–C) groups is 1. The summed E-state index contributed by atoms with van der Waals surface area (Å²) in [6.45, 7) is -1.39. The minimum Gasteiger partial charge on any atom is -0.508 e. The van der Waals surface area contributed by atoms with E-state index in [9.17, 15) is 36.2 Å². The summed E-state index contributed by atoms with van der Waals surface area (Å²) < 4.78 is 92.6. The van der Waals surface area contributed by atoms with Crippen LogP contribution < -0.4 is 4.74 Å². The number of thioether (sulfide) groups is 1. The fraction of sp³-hybridized carbons (Fsp3) is 0.222. The van der Waals surface area contributed by atoms with Gasteiger partial charge in [-0.05, 0) is 42.0 Å². The number of benzene rings is 3. The lowest BCUT2D eigenvalue weighted by Gasteiger charge is -2.18. The van der Waals surface area contributed by atoms with Crippen molar-refractivity contribution in [2.45, 2.75) is 31.6 Å². The number of esters is 1. The molecule has 0 bridgehead atoms. The van der Waals surface area contributed by atoms with E-state index >= 15 is 0 Å². The van der Waals surface area contributed by atoms with Crippen molar-refractivity contribution in [3.05, 3.63) is 87.9 Å². The van der Waals surface area contributed by atoms with Crippen molar-refractivity contribution in [1.29, 1.82) is 0 Å². The second kappa shape index (κ2) is 11.3. The van der Waals surface area contributed by atoms with Crippen LogP contribution in [-0.4, -0.2) is 32.9 Å². The van der Waals surface area contributed by atoms with E-state index in [0.29, 0.717) is 20.3 Å². The van der Waals surface area contributed by atoms with Gasteiger partial charge >= 0.3 is 18.3 Å². The van der Waals surface area contributed by atoms with E-state index < -0.39 is 60.0 Å². The van der Waals surface area contributed by atoms with E-state index in [1.807, 2.05) is 0 Å². The van der Waals surface area contributed by atoms with Crippen LogP contribution in [0.2, 0.25) is 0 Å². The highest BCUT2D eigenvalue weighted by Crippen LogP contribution is 2.38. The van der Waals surface area contributed by atoms with Gasteiger partial charge in [-0.15, -0.1) is 23.1 Å². The van der Waals surface area contributed by atoms with Crippen LogP contribution in [0.5, 0.6) is 11.5 Å². The molecule has 1 N–H and O–H groups in total. The number of carbonyl (C=O) groups is 1. The van der Waals surface area contributed by atoms with Gasteiger partial charge in [0.25, 0.3) is 0 Å². The molecule has 0 radical (unpaired) electrons. The molecule has 1 aliphatic rings. The standard InChI is InChI=1S/C27H18F6N2O4S2/c28-26(29,30)17-5-2-1-4-14(17)11-38-12-16-18(27(31,32)33)6-3-7-21(16)39-25(37)20-13-40-23(35-20)24-34-19-9-8-15(36)10-22(19)41-24/h1-10,20,36H,11-13H2/t20-/m1/s1. The molecule has 0 aliphatic carbocycles. The van der Waals surface area contributed by atoms with Crippen LogP contribution in [0, 0.1) is 0 Å². The normalized spacial score (nSPS) is 15.8. The molecule has 2 heterocycles. The first-order chi connectivity index (χ1) is 19.4. The zero-order valence-corrected chi connectivity index (χ0v) is 22.3. The molecule has 3 aromatic carbocycles. The molecular formula is C27H18F6N2O4S2. The van der Waals surface area contributed by atoms with Gasteiger partial charge in [0.15, 0.2) is 6.04 Å². The van der Waals surface area contributed by atoms with Crippen molar-refractivity contribution in [2.24, 2.45) is 4.99 Å². The number of hydrogen-bond donors (Lipinski definition) is 1. The first-order valence-corrected chi connectivity index (χ1v) is 13.6. The van der Waals surface area contributed by atoms with Crippen LogP contribution >= 0.6 is 23.1 Å². The Morgan fingerprint density at radius 1 is 0.951 bits per heavy atom. The van der Waals surface area contributed by atoms with Gasteiger partial charge in [-0.3, -0.25) is 4.99 Å². The minimum atomic E-state index is -4.85. The van der Waals surface area contributed by atoms with Gasteiger partial charge in [-0.25, -0.2) is 9.78 Å². The monoisotopic (exact) mass is 612 g/mol. The fourth-order valence-electron chi connectivity index (χ4n) is 4.05. The molecule has 5 rings (SSSR count). The Hall–Kier alpha value is -3.62. The Bertz CT molecular complexity index is 1630. The fourth-order valence-corrected chi connectivity index (χ4v) is 6.14. The van der Waals surface area contributed by atoms with E-state index in [0.717, 1.165) is 24.3 Å². The van der Waals surface area contributed by atoms with Gasteiger partial charge in [0.1, 0.15) is 21.6 Å². The highest BCUT2D eigenvalue weighted by molar-refractivity contribution is 8.15. The predicted octanol–water partition coefficient (Wildman–Crippen LogP) is 7.22. The Morgan fingerprint density at radius 3 is 2.44 bits per heavy atom. The molecule has 0 saturated carbocycles. The number of phenols is 1. The maximum atomic E-state index is 13.8. The van der Waals surface area contributed by atoms with E-state index in [2.05, 4.69) is 9.98 Å². The minimum absolute atomic E-state index is 0.0700. The van der Waals surface area contributed by atoms with Crippen LogP contribution in [0.25, 0.3) is 10.2 Å². The zero-order valence-electron chi connectivity index (χ0n) is 20.6. The van der Waals surface area contributed by atoms with Crippen molar-refractivity contribution in [1.82, 2.24) is 4.98 Å².